The van der Waals surface area contributed by atoms with Crippen molar-refractivity contribution in [3.8, 4) is 0 Å². The maximum atomic E-state index is 12.3. The van der Waals surface area contributed by atoms with E-state index in [-0.39, 0.29) is 4.90 Å². The van der Waals surface area contributed by atoms with Gasteiger partial charge in [0, 0.05) is 11.3 Å². The number of nitrogens with one attached hydrogen (secondary N) is 2. The Kier molecular flexibility index (Phi) is 3.36. The molecule has 2 rings (SSSR count). The lowest BCUT2D eigenvalue weighted by Crippen LogP contribution is -2.15. The highest BCUT2D eigenvalue weighted by molar-refractivity contribution is 7.92. The van der Waals surface area contributed by atoms with Crippen LogP contribution in [0.2, 0.25) is 0 Å². The van der Waals surface area contributed by atoms with Crippen LogP contribution < -0.4 is 4.72 Å². The van der Waals surface area contributed by atoms with Gasteiger partial charge in [-0.1, -0.05) is 17.7 Å². The predicted octanol–water partition coefficient (Wildman–Crippen LogP) is 2.44. The van der Waals surface area contributed by atoms with Gasteiger partial charge < -0.3 is 0 Å². The van der Waals surface area contributed by atoms with Crippen LogP contribution in [0.15, 0.2) is 23.1 Å². The molecule has 1 heterocycles. The van der Waals surface area contributed by atoms with E-state index in [0.717, 1.165) is 22.4 Å². The van der Waals surface area contributed by atoms with Gasteiger partial charge in [-0.05, 0) is 39.3 Å². The molecule has 0 atom stereocenters. The fourth-order valence-corrected chi connectivity index (χ4v) is 3.16. The summed E-state index contributed by atoms with van der Waals surface area (Å²) < 4.78 is 27.2. The van der Waals surface area contributed by atoms with Crippen molar-refractivity contribution in [1.82, 2.24) is 10.2 Å². The Morgan fingerprint density at radius 3 is 2.37 bits per heavy atom. The fourth-order valence-electron chi connectivity index (χ4n) is 1.87. The van der Waals surface area contributed by atoms with Gasteiger partial charge in [0.2, 0.25) is 0 Å². The number of aryl methyl sites for hydroxylation is 3. The minimum absolute atomic E-state index is 0.276. The van der Waals surface area contributed by atoms with Crippen molar-refractivity contribution in [2.75, 3.05) is 4.72 Å². The molecule has 0 amide bonds. The standard InChI is InChI=1S/C13H17N3O2S/c1-8-5-6-12(9(2)7-8)19(17,18)16-13-10(3)11(4)14-15-13/h5-7H,1-4H3,(H2,14,15,16). The van der Waals surface area contributed by atoms with Crippen LogP contribution in [0.3, 0.4) is 0 Å². The monoisotopic (exact) mass is 279 g/mol. The summed E-state index contributed by atoms with van der Waals surface area (Å²) in [4.78, 5) is 0.276. The second-order valence-electron chi connectivity index (χ2n) is 4.70. The van der Waals surface area contributed by atoms with E-state index in [1.54, 1.807) is 19.1 Å². The Labute approximate surface area is 113 Å². The van der Waals surface area contributed by atoms with Gasteiger partial charge >= 0.3 is 0 Å². The molecule has 2 N–H and O–H groups in total. The number of hydrogen-bond acceptors (Lipinski definition) is 3. The van der Waals surface area contributed by atoms with Gasteiger partial charge in [-0.2, -0.15) is 5.10 Å². The van der Waals surface area contributed by atoms with Crippen LogP contribution in [-0.4, -0.2) is 18.6 Å². The number of anilines is 1. The zero-order chi connectivity index (χ0) is 14.2. The third-order valence-electron chi connectivity index (χ3n) is 3.10. The second-order valence-corrected chi connectivity index (χ2v) is 6.35. The number of benzene rings is 1. The number of aromatic nitrogens is 2. The van der Waals surface area contributed by atoms with E-state index < -0.39 is 10.0 Å². The molecule has 6 heteroatoms. The lowest BCUT2D eigenvalue weighted by atomic mass is 10.2. The number of nitrogens with zero attached hydrogens (tertiary/aromatic N) is 1. The van der Waals surface area contributed by atoms with E-state index in [1.165, 1.54) is 0 Å². The molecule has 0 aliphatic rings. The van der Waals surface area contributed by atoms with Crippen LogP contribution >= 0.6 is 0 Å². The molecule has 0 aliphatic carbocycles. The summed E-state index contributed by atoms with van der Waals surface area (Å²) in [7, 11) is -3.60. The molecule has 0 radical (unpaired) electrons. The lowest BCUT2D eigenvalue weighted by Gasteiger charge is -2.09. The molecule has 5 nitrogen and oxygen atoms in total. The molecule has 0 saturated heterocycles. The molecule has 0 aliphatic heterocycles. The van der Waals surface area contributed by atoms with Gasteiger partial charge in [0.15, 0.2) is 5.82 Å². The number of aromatic amines is 1. The minimum Gasteiger partial charge on any atom is -0.280 e. The van der Waals surface area contributed by atoms with Crippen LogP contribution in [-0.2, 0) is 10.0 Å². The molecule has 0 fully saturated rings. The van der Waals surface area contributed by atoms with Crippen molar-refractivity contribution in [2.45, 2.75) is 32.6 Å². The third-order valence-corrected chi connectivity index (χ3v) is 4.60. The van der Waals surface area contributed by atoms with Crippen molar-refractivity contribution < 1.29 is 8.42 Å². The summed E-state index contributed by atoms with van der Waals surface area (Å²) in [6.45, 7) is 7.37. The van der Waals surface area contributed by atoms with Crippen molar-refractivity contribution in [3.05, 3.63) is 40.6 Å². The topological polar surface area (TPSA) is 74.8 Å². The summed E-state index contributed by atoms with van der Waals surface area (Å²) in [5.41, 5.74) is 3.40. The highest BCUT2D eigenvalue weighted by atomic mass is 32.2. The summed E-state index contributed by atoms with van der Waals surface area (Å²) in [5, 5.41) is 6.72. The maximum Gasteiger partial charge on any atom is 0.263 e. The third kappa shape index (κ3) is 2.63. The van der Waals surface area contributed by atoms with Gasteiger partial charge in [0.25, 0.3) is 10.0 Å². The summed E-state index contributed by atoms with van der Waals surface area (Å²) in [6, 6.07) is 5.24. The van der Waals surface area contributed by atoms with Crippen LogP contribution in [0, 0.1) is 27.7 Å². The molecule has 1 aromatic heterocycles. The number of hydrogen-bond donors (Lipinski definition) is 2. The van der Waals surface area contributed by atoms with Gasteiger partial charge in [0.1, 0.15) is 0 Å². The molecular formula is C13H17N3O2S. The molecule has 2 aromatic rings. The molecule has 102 valence electrons. The van der Waals surface area contributed by atoms with Crippen LogP contribution in [0.1, 0.15) is 22.4 Å². The number of sulfonamides is 1. The summed E-state index contributed by atoms with van der Waals surface area (Å²) in [6.07, 6.45) is 0. The number of H-pyrrole nitrogens is 1. The zero-order valence-electron chi connectivity index (χ0n) is 11.4. The van der Waals surface area contributed by atoms with E-state index in [4.69, 9.17) is 0 Å². The molecule has 0 unspecified atom stereocenters. The van der Waals surface area contributed by atoms with E-state index >= 15 is 0 Å². The average molecular weight is 279 g/mol. The first-order valence-electron chi connectivity index (χ1n) is 5.93. The summed E-state index contributed by atoms with van der Waals surface area (Å²) in [5.74, 6) is 0.345. The Hall–Kier alpha value is -1.82. The second kappa shape index (κ2) is 4.70. The average Bonchev–Trinajstić information content (AvgIpc) is 2.60. The SMILES string of the molecule is Cc1ccc(S(=O)(=O)Nc2n[nH]c(C)c2C)c(C)c1. The van der Waals surface area contributed by atoms with Crippen LogP contribution in [0.25, 0.3) is 0 Å². The molecule has 0 spiro atoms. The van der Waals surface area contributed by atoms with Gasteiger partial charge in [-0.25, -0.2) is 8.42 Å². The fraction of sp³-hybridized carbons (Fsp3) is 0.308. The Morgan fingerprint density at radius 2 is 1.84 bits per heavy atom. The smallest absolute Gasteiger partial charge is 0.263 e. The Bertz CT molecular complexity index is 717. The van der Waals surface area contributed by atoms with E-state index in [0.29, 0.717) is 5.82 Å². The molecular weight excluding hydrogens is 262 g/mol. The van der Waals surface area contributed by atoms with Crippen molar-refractivity contribution in [1.29, 1.82) is 0 Å². The first-order valence-corrected chi connectivity index (χ1v) is 7.41. The van der Waals surface area contributed by atoms with Crippen LogP contribution in [0.5, 0.6) is 0 Å². The predicted molar refractivity (Wildman–Crippen MR) is 74.8 cm³/mol. The molecule has 0 bridgehead atoms. The van der Waals surface area contributed by atoms with Gasteiger partial charge in [-0.15, -0.1) is 0 Å². The van der Waals surface area contributed by atoms with Crippen molar-refractivity contribution in [2.24, 2.45) is 0 Å². The molecule has 1 aromatic carbocycles. The van der Waals surface area contributed by atoms with Crippen molar-refractivity contribution >= 4 is 15.8 Å². The summed E-state index contributed by atoms with van der Waals surface area (Å²) >= 11 is 0. The van der Waals surface area contributed by atoms with E-state index in [1.807, 2.05) is 26.8 Å². The zero-order valence-corrected chi connectivity index (χ0v) is 12.2. The highest BCUT2D eigenvalue weighted by Gasteiger charge is 2.19. The van der Waals surface area contributed by atoms with E-state index in [2.05, 4.69) is 14.9 Å². The minimum atomic E-state index is -3.60. The van der Waals surface area contributed by atoms with Crippen molar-refractivity contribution in [3.63, 3.8) is 0 Å². The van der Waals surface area contributed by atoms with E-state index in [9.17, 15) is 8.42 Å². The Balaban J connectivity index is 2.41. The Morgan fingerprint density at radius 1 is 1.16 bits per heavy atom. The lowest BCUT2D eigenvalue weighted by molar-refractivity contribution is 0.600. The molecule has 19 heavy (non-hydrogen) atoms. The highest BCUT2D eigenvalue weighted by Crippen LogP contribution is 2.22. The first-order chi connectivity index (χ1) is 8.81. The molecule has 0 saturated carbocycles. The largest absolute Gasteiger partial charge is 0.280 e. The van der Waals surface area contributed by atoms with Crippen LogP contribution in [0.4, 0.5) is 5.82 Å². The maximum absolute atomic E-state index is 12.3. The quantitative estimate of drug-likeness (QED) is 0.906. The first kappa shape index (κ1) is 13.6. The number of rotatable bonds is 3. The van der Waals surface area contributed by atoms with Gasteiger partial charge in [-0.3, -0.25) is 9.82 Å². The van der Waals surface area contributed by atoms with Gasteiger partial charge in [0.05, 0.1) is 4.90 Å². The normalized spacial score (nSPS) is 11.6.